The molecule has 3 nitrogen and oxygen atoms in total. The molecule has 0 spiro atoms. The van der Waals surface area contributed by atoms with E-state index in [1.54, 1.807) is 0 Å². The molecule has 2 rings (SSSR count). The Hall–Kier alpha value is -0.940. The summed E-state index contributed by atoms with van der Waals surface area (Å²) in [6, 6.07) is 7.90. The zero-order valence-corrected chi connectivity index (χ0v) is 11.7. The van der Waals surface area contributed by atoms with Gasteiger partial charge in [-0.2, -0.15) is 0 Å². The van der Waals surface area contributed by atoms with Crippen LogP contribution in [0.15, 0.2) is 39.7 Å². The number of nitrogens with zero attached hydrogens (tertiary/aromatic N) is 2. The zero-order valence-electron chi connectivity index (χ0n) is 8.54. The number of halogens is 2. The van der Waals surface area contributed by atoms with Gasteiger partial charge in [-0.15, -0.1) is 0 Å². The summed E-state index contributed by atoms with van der Waals surface area (Å²) in [4.78, 5) is 8.09. The van der Waals surface area contributed by atoms with Gasteiger partial charge in [-0.1, -0.05) is 22.0 Å². The molecule has 0 aliphatic heterocycles. The van der Waals surface area contributed by atoms with Gasteiger partial charge in [0.25, 0.3) is 0 Å². The van der Waals surface area contributed by atoms with Crippen molar-refractivity contribution in [2.24, 2.45) is 0 Å². The fraction of sp³-hybridized carbons (Fsp3) is 0.0909. The molecular weight excluding hydrogens is 334 g/mol. The standard InChI is InChI=1S/C11H9Br2N3/c1-7-2-3-8(4-9(7)12)16-11-5-10(13)14-6-15-11/h2-6H,1H3,(H,14,15,16). The first-order valence-corrected chi connectivity index (χ1v) is 6.24. The lowest BCUT2D eigenvalue weighted by atomic mass is 10.2. The van der Waals surface area contributed by atoms with Crippen molar-refractivity contribution in [3.63, 3.8) is 0 Å². The van der Waals surface area contributed by atoms with E-state index in [-0.39, 0.29) is 0 Å². The van der Waals surface area contributed by atoms with E-state index in [9.17, 15) is 0 Å². The second kappa shape index (κ2) is 4.93. The monoisotopic (exact) mass is 341 g/mol. The maximum Gasteiger partial charge on any atom is 0.134 e. The third-order valence-electron chi connectivity index (χ3n) is 2.08. The van der Waals surface area contributed by atoms with Gasteiger partial charge in [0.05, 0.1) is 0 Å². The van der Waals surface area contributed by atoms with Crippen molar-refractivity contribution in [2.45, 2.75) is 6.92 Å². The molecule has 82 valence electrons. The summed E-state index contributed by atoms with van der Waals surface area (Å²) in [7, 11) is 0. The lowest BCUT2D eigenvalue weighted by Crippen LogP contribution is -1.94. The van der Waals surface area contributed by atoms with Crippen LogP contribution in [0.4, 0.5) is 11.5 Å². The Bertz CT molecular complexity index is 514. The van der Waals surface area contributed by atoms with E-state index in [1.807, 2.05) is 24.3 Å². The third kappa shape index (κ3) is 2.80. The highest BCUT2D eigenvalue weighted by atomic mass is 79.9. The van der Waals surface area contributed by atoms with Crippen molar-refractivity contribution in [3.05, 3.63) is 45.2 Å². The summed E-state index contributed by atoms with van der Waals surface area (Å²) in [6.45, 7) is 2.05. The van der Waals surface area contributed by atoms with Gasteiger partial charge in [-0.3, -0.25) is 0 Å². The molecule has 0 fully saturated rings. The number of hydrogen-bond acceptors (Lipinski definition) is 3. The Labute approximate surface area is 111 Å². The van der Waals surface area contributed by atoms with E-state index < -0.39 is 0 Å². The highest BCUT2D eigenvalue weighted by Gasteiger charge is 2.00. The largest absolute Gasteiger partial charge is 0.340 e. The molecule has 1 heterocycles. The average molecular weight is 343 g/mol. The SMILES string of the molecule is Cc1ccc(Nc2cc(Br)ncn2)cc1Br. The number of rotatable bonds is 2. The molecule has 0 amide bonds. The Morgan fingerprint density at radius 2 is 1.94 bits per heavy atom. The Kier molecular flexibility index (Phi) is 3.56. The van der Waals surface area contributed by atoms with Gasteiger partial charge in [0.15, 0.2) is 0 Å². The third-order valence-corrected chi connectivity index (χ3v) is 3.37. The van der Waals surface area contributed by atoms with Gasteiger partial charge in [0.2, 0.25) is 0 Å². The van der Waals surface area contributed by atoms with E-state index in [0.717, 1.165) is 20.6 Å². The average Bonchev–Trinajstić information content (AvgIpc) is 2.24. The van der Waals surface area contributed by atoms with Crippen LogP contribution in [-0.4, -0.2) is 9.97 Å². The summed E-state index contributed by atoms with van der Waals surface area (Å²) >= 11 is 6.79. The van der Waals surface area contributed by atoms with Crippen LogP contribution in [0, 0.1) is 6.92 Å². The van der Waals surface area contributed by atoms with Crippen molar-refractivity contribution < 1.29 is 0 Å². The predicted octanol–water partition coefficient (Wildman–Crippen LogP) is 4.05. The molecule has 1 aromatic carbocycles. The predicted molar refractivity (Wildman–Crippen MR) is 71.9 cm³/mol. The maximum absolute atomic E-state index is 4.12. The fourth-order valence-corrected chi connectivity index (χ4v) is 1.91. The number of aromatic nitrogens is 2. The number of nitrogens with one attached hydrogen (secondary N) is 1. The first-order valence-electron chi connectivity index (χ1n) is 4.66. The molecule has 0 atom stereocenters. The highest BCUT2D eigenvalue weighted by molar-refractivity contribution is 9.10. The van der Waals surface area contributed by atoms with Gasteiger partial charge in [0.1, 0.15) is 16.7 Å². The molecular formula is C11H9Br2N3. The Morgan fingerprint density at radius 1 is 1.12 bits per heavy atom. The molecule has 0 radical (unpaired) electrons. The summed E-state index contributed by atoms with van der Waals surface area (Å²) in [5, 5.41) is 3.20. The molecule has 0 aliphatic carbocycles. The second-order valence-electron chi connectivity index (χ2n) is 3.31. The molecule has 16 heavy (non-hydrogen) atoms. The van der Waals surface area contributed by atoms with E-state index in [1.165, 1.54) is 11.9 Å². The number of benzene rings is 1. The van der Waals surface area contributed by atoms with Gasteiger partial charge < -0.3 is 5.32 Å². The summed E-state index contributed by atoms with van der Waals surface area (Å²) in [5.74, 6) is 0.762. The molecule has 5 heteroatoms. The number of anilines is 2. The van der Waals surface area contributed by atoms with Gasteiger partial charge in [0, 0.05) is 16.2 Å². The van der Waals surface area contributed by atoms with Gasteiger partial charge >= 0.3 is 0 Å². The van der Waals surface area contributed by atoms with Crippen LogP contribution < -0.4 is 5.32 Å². The first-order chi connectivity index (χ1) is 7.65. The minimum atomic E-state index is 0.760. The maximum atomic E-state index is 4.12. The normalized spacial score (nSPS) is 10.2. The molecule has 1 N–H and O–H groups in total. The summed E-state index contributed by atoms with van der Waals surface area (Å²) in [5.41, 5.74) is 2.19. The van der Waals surface area contributed by atoms with Crippen LogP contribution in [0.1, 0.15) is 5.56 Å². The topological polar surface area (TPSA) is 37.8 Å². The van der Waals surface area contributed by atoms with Crippen LogP contribution in [0.3, 0.4) is 0 Å². The minimum absolute atomic E-state index is 0.760. The molecule has 0 unspecified atom stereocenters. The molecule has 1 aromatic heterocycles. The van der Waals surface area contributed by atoms with Gasteiger partial charge in [-0.05, 0) is 40.5 Å². The van der Waals surface area contributed by atoms with Crippen molar-refractivity contribution in [1.82, 2.24) is 9.97 Å². The van der Waals surface area contributed by atoms with E-state index in [2.05, 4.69) is 54.1 Å². The Morgan fingerprint density at radius 3 is 2.62 bits per heavy atom. The van der Waals surface area contributed by atoms with Gasteiger partial charge in [-0.25, -0.2) is 9.97 Å². The van der Waals surface area contributed by atoms with Crippen LogP contribution in [0.25, 0.3) is 0 Å². The molecule has 2 aromatic rings. The Balaban J connectivity index is 2.24. The minimum Gasteiger partial charge on any atom is -0.340 e. The summed E-state index contributed by atoms with van der Waals surface area (Å²) < 4.78 is 1.83. The summed E-state index contributed by atoms with van der Waals surface area (Å²) in [6.07, 6.45) is 1.51. The van der Waals surface area contributed by atoms with E-state index in [0.29, 0.717) is 0 Å². The molecule has 0 saturated carbocycles. The van der Waals surface area contributed by atoms with E-state index >= 15 is 0 Å². The van der Waals surface area contributed by atoms with E-state index in [4.69, 9.17) is 0 Å². The van der Waals surface area contributed by atoms with Crippen LogP contribution in [0.2, 0.25) is 0 Å². The van der Waals surface area contributed by atoms with Crippen molar-refractivity contribution in [1.29, 1.82) is 0 Å². The van der Waals surface area contributed by atoms with Crippen LogP contribution >= 0.6 is 31.9 Å². The van der Waals surface area contributed by atoms with Crippen molar-refractivity contribution >= 4 is 43.4 Å². The van der Waals surface area contributed by atoms with Crippen molar-refractivity contribution in [2.75, 3.05) is 5.32 Å². The first kappa shape index (κ1) is 11.5. The molecule has 0 saturated heterocycles. The molecule has 0 aliphatic rings. The quantitative estimate of drug-likeness (QED) is 0.836. The fourth-order valence-electron chi connectivity index (χ4n) is 1.22. The number of hydrogen-bond donors (Lipinski definition) is 1. The second-order valence-corrected chi connectivity index (χ2v) is 4.98. The molecule has 0 bridgehead atoms. The van der Waals surface area contributed by atoms with Crippen LogP contribution in [0.5, 0.6) is 0 Å². The van der Waals surface area contributed by atoms with Crippen LogP contribution in [-0.2, 0) is 0 Å². The van der Waals surface area contributed by atoms with Crippen molar-refractivity contribution in [3.8, 4) is 0 Å². The lowest BCUT2D eigenvalue weighted by molar-refractivity contribution is 1.14. The lowest BCUT2D eigenvalue weighted by Gasteiger charge is -2.07. The number of aryl methyl sites for hydroxylation is 1. The highest BCUT2D eigenvalue weighted by Crippen LogP contribution is 2.23. The zero-order chi connectivity index (χ0) is 11.5. The smallest absolute Gasteiger partial charge is 0.134 e.